The van der Waals surface area contributed by atoms with Crippen molar-refractivity contribution in [2.75, 3.05) is 11.9 Å². The van der Waals surface area contributed by atoms with E-state index >= 15 is 0 Å². The number of nitrogens with two attached hydrogens (primary N) is 1. The first-order chi connectivity index (χ1) is 10.1. The molecular formula is C17H20N2O2. The monoisotopic (exact) mass is 284 g/mol. The molecule has 2 aromatic rings. The van der Waals surface area contributed by atoms with E-state index in [9.17, 15) is 4.79 Å². The van der Waals surface area contributed by atoms with Crippen molar-refractivity contribution >= 4 is 11.6 Å². The molecule has 0 aromatic heterocycles. The van der Waals surface area contributed by atoms with Crippen molar-refractivity contribution in [3.8, 4) is 5.75 Å². The van der Waals surface area contributed by atoms with Gasteiger partial charge >= 0.3 is 0 Å². The molecule has 0 spiro atoms. The molecule has 4 heteroatoms. The summed E-state index contributed by atoms with van der Waals surface area (Å²) in [7, 11) is 0. The van der Waals surface area contributed by atoms with Crippen LogP contribution >= 0.6 is 0 Å². The molecule has 0 heterocycles. The summed E-state index contributed by atoms with van der Waals surface area (Å²) in [5.74, 6) is 0.621. The van der Waals surface area contributed by atoms with Crippen LogP contribution < -0.4 is 15.8 Å². The molecule has 0 atom stereocenters. The summed E-state index contributed by atoms with van der Waals surface area (Å²) in [4.78, 5) is 12.2. The number of hydrogen-bond donors (Lipinski definition) is 2. The second kappa shape index (κ2) is 6.90. The number of rotatable bonds is 5. The maximum atomic E-state index is 12.2. The van der Waals surface area contributed by atoms with Gasteiger partial charge in [0.2, 0.25) is 0 Å². The highest BCUT2D eigenvalue weighted by Gasteiger charge is 2.08. The van der Waals surface area contributed by atoms with E-state index in [4.69, 9.17) is 10.5 Å². The number of benzene rings is 2. The Bertz CT molecular complexity index is 621. The van der Waals surface area contributed by atoms with Gasteiger partial charge in [0.15, 0.2) is 0 Å². The number of hydrogen-bond acceptors (Lipinski definition) is 3. The molecule has 3 N–H and O–H groups in total. The van der Waals surface area contributed by atoms with Crippen molar-refractivity contribution in [2.24, 2.45) is 5.73 Å². The van der Waals surface area contributed by atoms with Crippen LogP contribution in [0.1, 0.15) is 28.4 Å². The lowest BCUT2D eigenvalue weighted by molar-refractivity contribution is 0.102. The van der Waals surface area contributed by atoms with Crippen molar-refractivity contribution in [3.05, 3.63) is 59.2 Å². The van der Waals surface area contributed by atoms with Crippen LogP contribution in [0.15, 0.2) is 42.5 Å². The van der Waals surface area contributed by atoms with Gasteiger partial charge in [-0.1, -0.05) is 17.7 Å². The first-order valence-corrected chi connectivity index (χ1v) is 6.98. The van der Waals surface area contributed by atoms with Crippen LogP contribution in [0, 0.1) is 6.92 Å². The number of nitrogens with one attached hydrogen (secondary N) is 1. The zero-order valence-electron chi connectivity index (χ0n) is 12.3. The smallest absolute Gasteiger partial charge is 0.255 e. The van der Waals surface area contributed by atoms with Gasteiger partial charge in [-0.25, -0.2) is 0 Å². The molecule has 2 rings (SSSR count). The average molecular weight is 284 g/mol. The average Bonchev–Trinajstić information content (AvgIpc) is 2.49. The van der Waals surface area contributed by atoms with E-state index in [2.05, 4.69) is 5.32 Å². The van der Waals surface area contributed by atoms with Gasteiger partial charge in [-0.05, 0) is 44.2 Å². The lowest BCUT2D eigenvalue weighted by atomic mass is 10.1. The van der Waals surface area contributed by atoms with Crippen LogP contribution in [0.2, 0.25) is 0 Å². The highest BCUT2D eigenvalue weighted by molar-refractivity contribution is 6.04. The topological polar surface area (TPSA) is 64.3 Å². The van der Waals surface area contributed by atoms with Crippen LogP contribution in [-0.2, 0) is 6.54 Å². The quantitative estimate of drug-likeness (QED) is 0.886. The van der Waals surface area contributed by atoms with E-state index < -0.39 is 0 Å². The standard InChI is InChI=1S/C17H20N2O2/c1-3-21-16-9-8-15(10-14(16)11-18)19-17(20)13-6-4-12(2)5-7-13/h4-10H,3,11,18H2,1-2H3,(H,19,20). The summed E-state index contributed by atoms with van der Waals surface area (Å²) < 4.78 is 5.49. The van der Waals surface area contributed by atoms with Crippen molar-refractivity contribution in [1.82, 2.24) is 0 Å². The predicted octanol–water partition coefficient (Wildman–Crippen LogP) is 3.10. The van der Waals surface area contributed by atoms with E-state index in [1.165, 1.54) is 0 Å². The second-order valence-electron chi connectivity index (χ2n) is 4.78. The maximum absolute atomic E-state index is 12.2. The number of carbonyl (C=O) groups is 1. The molecule has 2 aromatic carbocycles. The molecule has 0 fully saturated rings. The molecule has 0 unspecified atom stereocenters. The van der Waals surface area contributed by atoms with Gasteiger partial charge in [-0.3, -0.25) is 4.79 Å². The summed E-state index contributed by atoms with van der Waals surface area (Å²) in [6.07, 6.45) is 0. The van der Waals surface area contributed by atoms with Gasteiger partial charge in [0.05, 0.1) is 6.61 Å². The van der Waals surface area contributed by atoms with Crippen LogP contribution in [-0.4, -0.2) is 12.5 Å². The van der Waals surface area contributed by atoms with Gasteiger partial charge in [-0.2, -0.15) is 0 Å². The van der Waals surface area contributed by atoms with E-state index in [0.717, 1.165) is 16.9 Å². The molecule has 0 saturated carbocycles. The highest BCUT2D eigenvalue weighted by atomic mass is 16.5. The fourth-order valence-corrected chi connectivity index (χ4v) is 2.02. The normalized spacial score (nSPS) is 10.2. The van der Waals surface area contributed by atoms with Gasteiger partial charge < -0.3 is 15.8 Å². The Morgan fingerprint density at radius 2 is 1.90 bits per heavy atom. The molecular weight excluding hydrogens is 264 g/mol. The first-order valence-electron chi connectivity index (χ1n) is 6.98. The molecule has 0 aliphatic carbocycles. The van der Waals surface area contributed by atoms with Crippen molar-refractivity contribution < 1.29 is 9.53 Å². The Kier molecular flexibility index (Phi) is 4.95. The minimum absolute atomic E-state index is 0.137. The van der Waals surface area contributed by atoms with E-state index in [0.29, 0.717) is 24.4 Å². The third-order valence-electron chi connectivity index (χ3n) is 3.15. The van der Waals surface area contributed by atoms with E-state index in [-0.39, 0.29) is 5.91 Å². The van der Waals surface area contributed by atoms with E-state index in [1.807, 2.05) is 56.3 Å². The van der Waals surface area contributed by atoms with Crippen molar-refractivity contribution in [1.29, 1.82) is 0 Å². The van der Waals surface area contributed by atoms with Crippen LogP contribution in [0.4, 0.5) is 5.69 Å². The molecule has 110 valence electrons. The fraction of sp³-hybridized carbons (Fsp3) is 0.235. The van der Waals surface area contributed by atoms with Crippen LogP contribution in [0.3, 0.4) is 0 Å². The molecule has 0 saturated heterocycles. The lowest BCUT2D eigenvalue weighted by Gasteiger charge is -2.11. The van der Waals surface area contributed by atoms with Gasteiger partial charge in [0, 0.05) is 23.4 Å². The Labute approximate surface area is 124 Å². The number of aryl methyl sites for hydroxylation is 1. The van der Waals surface area contributed by atoms with Crippen LogP contribution in [0.5, 0.6) is 5.75 Å². The van der Waals surface area contributed by atoms with Crippen molar-refractivity contribution in [2.45, 2.75) is 20.4 Å². The summed E-state index contributed by atoms with van der Waals surface area (Å²) in [6, 6.07) is 12.9. The summed E-state index contributed by atoms with van der Waals surface area (Å²) in [6.45, 7) is 4.86. The van der Waals surface area contributed by atoms with Crippen LogP contribution in [0.25, 0.3) is 0 Å². The number of anilines is 1. The first kappa shape index (κ1) is 15.1. The summed E-state index contributed by atoms with van der Waals surface area (Å²) >= 11 is 0. The molecule has 0 radical (unpaired) electrons. The molecule has 4 nitrogen and oxygen atoms in total. The number of amides is 1. The molecule has 1 amide bonds. The minimum atomic E-state index is -0.137. The Morgan fingerprint density at radius 3 is 2.52 bits per heavy atom. The summed E-state index contributed by atoms with van der Waals surface area (Å²) in [5, 5.41) is 2.87. The van der Waals surface area contributed by atoms with Gasteiger partial charge in [-0.15, -0.1) is 0 Å². The molecule has 0 bridgehead atoms. The number of ether oxygens (including phenoxy) is 1. The van der Waals surface area contributed by atoms with E-state index in [1.54, 1.807) is 0 Å². The maximum Gasteiger partial charge on any atom is 0.255 e. The predicted molar refractivity (Wildman–Crippen MR) is 84.6 cm³/mol. The molecule has 0 aliphatic heterocycles. The zero-order valence-corrected chi connectivity index (χ0v) is 12.3. The van der Waals surface area contributed by atoms with Gasteiger partial charge in [0.1, 0.15) is 5.75 Å². The number of carbonyl (C=O) groups excluding carboxylic acids is 1. The third-order valence-corrected chi connectivity index (χ3v) is 3.15. The Balaban J connectivity index is 2.15. The Hall–Kier alpha value is -2.33. The second-order valence-corrected chi connectivity index (χ2v) is 4.78. The summed E-state index contributed by atoms with van der Waals surface area (Å²) in [5.41, 5.74) is 9.05. The SMILES string of the molecule is CCOc1ccc(NC(=O)c2ccc(C)cc2)cc1CN. The largest absolute Gasteiger partial charge is 0.494 e. The molecule has 0 aliphatic rings. The Morgan fingerprint density at radius 1 is 1.19 bits per heavy atom. The fourth-order valence-electron chi connectivity index (χ4n) is 2.02. The molecule has 21 heavy (non-hydrogen) atoms. The third kappa shape index (κ3) is 3.83. The minimum Gasteiger partial charge on any atom is -0.494 e. The zero-order chi connectivity index (χ0) is 15.2. The van der Waals surface area contributed by atoms with Crippen molar-refractivity contribution in [3.63, 3.8) is 0 Å². The highest BCUT2D eigenvalue weighted by Crippen LogP contribution is 2.23. The van der Waals surface area contributed by atoms with Gasteiger partial charge in [0.25, 0.3) is 5.91 Å². The lowest BCUT2D eigenvalue weighted by Crippen LogP contribution is -2.12.